The second-order valence-electron chi connectivity index (χ2n) is 4.47. The molecule has 0 aliphatic carbocycles. The molecule has 0 unspecified atom stereocenters. The highest BCUT2D eigenvalue weighted by atomic mass is 16.5. The molecule has 0 bridgehead atoms. The molecule has 0 radical (unpaired) electrons. The van der Waals surface area contributed by atoms with Gasteiger partial charge in [-0.1, -0.05) is 5.16 Å². The Kier molecular flexibility index (Phi) is 2.87. The van der Waals surface area contributed by atoms with Crippen molar-refractivity contribution in [2.45, 2.75) is 6.92 Å². The molecule has 0 atom stereocenters. The van der Waals surface area contributed by atoms with Gasteiger partial charge in [-0.05, 0) is 55.0 Å². The highest BCUT2D eigenvalue weighted by molar-refractivity contribution is 5.63. The maximum absolute atomic E-state index is 9.40. The van der Waals surface area contributed by atoms with E-state index in [0.29, 0.717) is 11.7 Å². The van der Waals surface area contributed by atoms with Crippen LogP contribution in [-0.4, -0.2) is 20.4 Å². The molecule has 0 aliphatic heterocycles. The normalized spacial score (nSPS) is 10.7. The minimum atomic E-state index is 0.187. The van der Waals surface area contributed by atoms with Crippen molar-refractivity contribution in [3.8, 4) is 34.3 Å². The molecule has 100 valence electrons. The van der Waals surface area contributed by atoms with Gasteiger partial charge >= 0.3 is 0 Å². The van der Waals surface area contributed by atoms with E-state index >= 15 is 0 Å². The lowest BCUT2D eigenvalue weighted by molar-refractivity contribution is 0.432. The summed E-state index contributed by atoms with van der Waals surface area (Å²) in [5.74, 6) is 1.23. The summed E-state index contributed by atoms with van der Waals surface area (Å²) >= 11 is 0. The molecular formula is C15H12N2O3. The molecule has 0 saturated heterocycles. The Morgan fingerprint density at radius 2 is 1.65 bits per heavy atom. The molecule has 0 saturated carbocycles. The van der Waals surface area contributed by atoms with Gasteiger partial charge in [-0.25, -0.2) is 0 Å². The zero-order chi connectivity index (χ0) is 14.1. The Morgan fingerprint density at radius 3 is 2.35 bits per heavy atom. The number of nitrogens with zero attached hydrogens (tertiary/aromatic N) is 2. The molecule has 3 rings (SSSR count). The standard InChI is InChI=1S/C15H12N2O3/c1-9-8-12(19)6-7-13(9)15-16-14(17-20-15)10-2-4-11(18)5-3-10/h2-8,18-19H,1H3. The topological polar surface area (TPSA) is 79.4 Å². The van der Waals surface area contributed by atoms with Crippen LogP contribution < -0.4 is 0 Å². The predicted octanol–water partition coefficient (Wildman–Crippen LogP) is 3.12. The molecule has 20 heavy (non-hydrogen) atoms. The van der Waals surface area contributed by atoms with Crippen molar-refractivity contribution in [2.24, 2.45) is 0 Å². The van der Waals surface area contributed by atoms with Gasteiger partial charge in [0, 0.05) is 11.1 Å². The van der Waals surface area contributed by atoms with Gasteiger partial charge in [-0.3, -0.25) is 0 Å². The van der Waals surface area contributed by atoms with Crippen molar-refractivity contribution in [2.75, 3.05) is 0 Å². The maximum Gasteiger partial charge on any atom is 0.258 e. The predicted molar refractivity (Wildman–Crippen MR) is 73.2 cm³/mol. The Balaban J connectivity index is 1.99. The number of phenols is 2. The van der Waals surface area contributed by atoms with Crippen LogP contribution in [0.5, 0.6) is 11.5 Å². The zero-order valence-corrected chi connectivity index (χ0v) is 10.7. The van der Waals surface area contributed by atoms with Crippen LogP contribution in [0.2, 0.25) is 0 Å². The van der Waals surface area contributed by atoms with Crippen LogP contribution in [0, 0.1) is 6.92 Å². The lowest BCUT2D eigenvalue weighted by Crippen LogP contribution is -1.84. The highest BCUT2D eigenvalue weighted by Gasteiger charge is 2.12. The van der Waals surface area contributed by atoms with E-state index < -0.39 is 0 Å². The van der Waals surface area contributed by atoms with Gasteiger partial charge in [0.2, 0.25) is 5.82 Å². The molecule has 5 nitrogen and oxygen atoms in total. The van der Waals surface area contributed by atoms with E-state index in [1.54, 1.807) is 42.5 Å². The van der Waals surface area contributed by atoms with E-state index in [-0.39, 0.29) is 11.5 Å². The number of hydrogen-bond donors (Lipinski definition) is 2. The fourth-order valence-corrected chi connectivity index (χ4v) is 1.95. The average Bonchev–Trinajstić information content (AvgIpc) is 2.89. The van der Waals surface area contributed by atoms with E-state index in [0.717, 1.165) is 16.7 Å². The number of aromatic hydroxyl groups is 2. The fraction of sp³-hybridized carbons (Fsp3) is 0.0667. The van der Waals surface area contributed by atoms with E-state index in [9.17, 15) is 10.2 Å². The van der Waals surface area contributed by atoms with Crippen LogP contribution in [0.1, 0.15) is 5.56 Å². The van der Waals surface area contributed by atoms with E-state index in [1.807, 2.05) is 6.92 Å². The van der Waals surface area contributed by atoms with Crippen molar-refractivity contribution in [1.29, 1.82) is 0 Å². The number of aryl methyl sites for hydroxylation is 1. The van der Waals surface area contributed by atoms with Gasteiger partial charge in [0.15, 0.2) is 0 Å². The molecule has 2 N–H and O–H groups in total. The summed E-state index contributed by atoms with van der Waals surface area (Å²) < 4.78 is 5.25. The first-order valence-electron chi connectivity index (χ1n) is 6.06. The summed E-state index contributed by atoms with van der Waals surface area (Å²) in [5, 5.41) is 22.6. The lowest BCUT2D eigenvalue weighted by Gasteiger charge is -2.00. The first-order valence-corrected chi connectivity index (χ1v) is 6.06. The van der Waals surface area contributed by atoms with E-state index in [1.165, 1.54) is 0 Å². The Labute approximate surface area is 115 Å². The molecule has 0 amide bonds. The summed E-state index contributed by atoms with van der Waals surface area (Å²) in [6.45, 7) is 1.86. The molecule has 2 aromatic carbocycles. The summed E-state index contributed by atoms with van der Waals surface area (Å²) in [5.41, 5.74) is 2.39. The van der Waals surface area contributed by atoms with Gasteiger partial charge in [0.25, 0.3) is 5.89 Å². The largest absolute Gasteiger partial charge is 0.508 e. The number of hydrogen-bond acceptors (Lipinski definition) is 5. The van der Waals surface area contributed by atoms with Crippen molar-refractivity contribution in [1.82, 2.24) is 10.1 Å². The Morgan fingerprint density at radius 1 is 0.950 bits per heavy atom. The number of benzene rings is 2. The Hall–Kier alpha value is -2.82. The average molecular weight is 268 g/mol. The number of aromatic nitrogens is 2. The molecule has 0 aliphatic rings. The van der Waals surface area contributed by atoms with Gasteiger partial charge in [-0.15, -0.1) is 0 Å². The third-order valence-corrected chi connectivity index (χ3v) is 2.99. The summed E-state index contributed by atoms with van der Waals surface area (Å²) in [7, 11) is 0. The maximum atomic E-state index is 9.40. The minimum absolute atomic E-state index is 0.187. The van der Waals surface area contributed by atoms with E-state index in [2.05, 4.69) is 10.1 Å². The molecule has 1 heterocycles. The third kappa shape index (κ3) is 2.21. The van der Waals surface area contributed by atoms with Crippen LogP contribution in [0.25, 0.3) is 22.8 Å². The fourth-order valence-electron chi connectivity index (χ4n) is 1.95. The van der Waals surface area contributed by atoms with Gasteiger partial charge in [0.05, 0.1) is 0 Å². The Bertz CT molecular complexity index is 748. The van der Waals surface area contributed by atoms with Crippen molar-refractivity contribution >= 4 is 0 Å². The second kappa shape index (κ2) is 4.70. The SMILES string of the molecule is Cc1cc(O)ccc1-c1nc(-c2ccc(O)cc2)no1. The molecule has 0 spiro atoms. The van der Waals surface area contributed by atoms with Crippen LogP contribution in [0.3, 0.4) is 0 Å². The summed E-state index contributed by atoms with van der Waals surface area (Å²) in [6, 6.07) is 11.5. The first kappa shape index (κ1) is 12.2. The quantitative estimate of drug-likeness (QED) is 0.746. The molecule has 3 aromatic rings. The van der Waals surface area contributed by atoms with Crippen molar-refractivity contribution in [3.63, 3.8) is 0 Å². The smallest absolute Gasteiger partial charge is 0.258 e. The van der Waals surface area contributed by atoms with Crippen LogP contribution in [-0.2, 0) is 0 Å². The lowest BCUT2D eigenvalue weighted by atomic mass is 10.1. The third-order valence-electron chi connectivity index (χ3n) is 2.99. The zero-order valence-electron chi connectivity index (χ0n) is 10.7. The van der Waals surface area contributed by atoms with Gasteiger partial charge < -0.3 is 14.7 Å². The van der Waals surface area contributed by atoms with Crippen molar-refractivity contribution < 1.29 is 14.7 Å². The van der Waals surface area contributed by atoms with Crippen LogP contribution in [0.15, 0.2) is 47.0 Å². The molecular weight excluding hydrogens is 256 g/mol. The molecule has 5 heteroatoms. The van der Waals surface area contributed by atoms with Gasteiger partial charge in [-0.2, -0.15) is 4.98 Å². The van der Waals surface area contributed by atoms with Crippen molar-refractivity contribution in [3.05, 3.63) is 48.0 Å². The monoisotopic (exact) mass is 268 g/mol. The molecule has 1 aromatic heterocycles. The van der Waals surface area contributed by atoms with Gasteiger partial charge in [0.1, 0.15) is 11.5 Å². The second-order valence-corrected chi connectivity index (χ2v) is 4.47. The van der Waals surface area contributed by atoms with Crippen LogP contribution in [0.4, 0.5) is 0 Å². The summed E-state index contributed by atoms with van der Waals surface area (Å²) in [4.78, 5) is 4.33. The molecule has 0 fully saturated rings. The number of phenolic OH excluding ortho intramolecular Hbond substituents is 2. The summed E-state index contributed by atoms with van der Waals surface area (Å²) in [6.07, 6.45) is 0. The van der Waals surface area contributed by atoms with Crippen LogP contribution >= 0.6 is 0 Å². The first-order chi connectivity index (χ1) is 9.63. The minimum Gasteiger partial charge on any atom is -0.508 e. The highest BCUT2D eigenvalue weighted by Crippen LogP contribution is 2.27. The number of rotatable bonds is 2. The van der Waals surface area contributed by atoms with E-state index in [4.69, 9.17) is 4.52 Å².